The number of halogens is 1. The number of carbonyl (C=O) groups is 2. The van der Waals surface area contributed by atoms with Crippen molar-refractivity contribution in [1.82, 2.24) is 20.6 Å². The Morgan fingerprint density at radius 2 is 2.17 bits per heavy atom. The number of benzene rings is 1. The van der Waals surface area contributed by atoms with Crippen LogP contribution in [0.1, 0.15) is 21.0 Å². The molecule has 0 aliphatic heterocycles. The molecule has 0 radical (unpaired) electrons. The van der Waals surface area contributed by atoms with E-state index in [1.165, 1.54) is 0 Å². The van der Waals surface area contributed by atoms with E-state index in [0.717, 1.165) is 18.2 Å². The zero-order valence-electron chi connectivity index (χ0n) is 8.72. The zero-order chi connectivity index (χ0) is 13.1. The van der Waals surface area contributed by atoms with Crippen molar-refractivity contribution in [3.8, 4) is 0 Å². The van der Waals surface area contributed by atoms with Gasteiger partial charge >= 0.3 is 5.97 Å². The van der Waals surface area contributed by atoms with Gasteiger partial charge in [0, 0.05) is 0 Å². The summed E-state index contributed by atoms with van der Waals surface area (Å²) in [6.07, 6.45) is 0. The number of rotatable bonds is 3. The lowest BCUT2D eigenvalue weighted by Gasteiger charge is -2.06. The standard InChI is InChI=1S/C9H6FN5O3/c10-4-1-2-6(5(3-4)9(17)18)11-8(16)7-12-14-15-13-7/h1-3H,(H,11,16)(H,17,18)(H,12,13,14,15). The number of hydrogen-bond donors (Lipinski definition) is 3. The average molecular weight is 251 g/mol. The van der Waals surface area contributed by atoms with E-state index in [1.54, 1.807) is 0 Å². The van der Waals surface area contributed by atoms with Crippen molar-refractivity contribution in [3.63, 3.8) is 0 Å². The summed E-state index contributed by atoms with van der Waals surface area (Å²) in [6, 6.07) is 2.96. The number of hydrogen-bond acceptors (Lipinski definition) is 5. The fraction of sp³-hybridized carbons (Fsp3) is 0. The highest BCUT2D eigenvalue weighted by Crippen LogP contribution is 2.17. The highest BCUT2D eigenvalue weighted by atomic mass is 19.1. The number of nitrogens with zero attached hydrogens (tertiary/aromatic N) is 3. The normalized spacial score (nSPS) is 10.1. The predicted molar refractivity (Wildman–Crippen MR) is 55.5 cm³/mol. The fourth-order valence-corrected chi connectivity index (χ4v) is 1.24. The monoisotopic (exact) mass is 251 g/mol. The largest absolute Gasteiger partial charge is 0.478 e. The van der Waals surface area contributed by atoms with Crippen molar-refractivity contribution < 1.29 is 19.1 Å². The first-order chi connectivity index (χ1) is 8.58. The first-order valence-electron chi connectivity index (χ1n) is 4.65. The van der Waals surface area contributed by atoms with Gasteiger partial charge in [-0.15, -0.1) is 10.2 Å². The SMILES string of the molecule is O=C(Nc1ccc(F)cc1C(=O)O)c1nn[nH]n1. The molecule has 8 nitrogen and oxygen atoms in total. The van der Waals surface area contributed by atoms with E-state index in [0.29, 0.717) is 0 Å². The highest BCUT2D eigenvalue weighted by Gasteiger charge is 2.16. The van der Waals surface area contributed by atoms with Crippen molar-refractivity contribution in [2.45, 2.75) is 0 Å². The molecule has 2 aromatic rings. The summed E-state index contributed by atoms with van der Waals surface area (Å²) in [6.45, 7) is 0. The van der Waals surface area contributed by atoms with E-state index < -0.39 is 17.7 Å². The second kappa shape index (κ2) is 4.57. The van der Waals surface area contributed by atoms with Gasteiger partial charge in [-0.1, -0.05) is 0 Å². The number of aromatic carboxylic acids is 1. The smallest absolute Gasteiger partial charge is 0.337 e. The van der Waals surface area contributed by atoms with Crippen LogP contribution in [0.2, 0.25) is 0 Å². The van der Waals surface area contributed by atoms with Crippen LogP contribution in [0.25, 0.3) is 0 Å². The molecular weight excluding hydrogens is 245 g/mol. The van der Waals surface area contributed by atoms with Gasteiger partial charge in [0.05, 0.1) is 11.3 Å². The summed E-state index contributed by atoms with van der Waals surface area (Å²) in [7, 11) is 0. The molecule has 0 aliphatic carbocycles. The minimum Gasteiger partial charge on any atom is -0.478 e. The van der Waals surface area contributed by atoms with Gasteiger partial charge in [-0.3, -0.25) is 4.79 Å². The Bertz CT molecular complexity index is 598. The van der Waals surface area contributed by atoms with Crippen molar-refractivity contribution in [2.75, 3.05) is 5.32 Å². The molecule has 1 amide bonds. The fourth-order valence-electron chi connectivity index (χ4n) is 1.24. The van der Waals surface area contributed by atoms with Gasteiger partial charge in [-0.25, -0.2) is 9.18 Å². The first-order valence-corrected chi connectivity index (χ1v) is 4.65. The summed E-state index contributed by atoms with van der Waals surface area (Å²) < 4.78 is 12.9. The van der Waals surface area contributed by atoms with Crippen LogP contribution in [0.15, 0.2) is 18.2 Å². The molecule has 0 atom stereocenters. The number of H-pyrrole nitrogens is 1. The molecule has 9 heteroatoms. The van der Waals surface area contributed by atoms with Crippen molar-refractivity contribution >= 4 is 17.6 Å². The number of aromatic nitrogens is 4. The van der Waals surface area contributed by atoms with Crippen molar-refractivity contribution in [2.24, 2.45) is 0 Å². The molecule has 1 aromatic heterocycles. The molecule has 92 valence electrons. The van der Waals surface area contributed by atoms with Crippen LogP contribution >= 0.6 is 0 Å². The lowest BCUT2D eigenvalue weighted by Crippen LogP contribution is -2.16. The van der Waals surface area contributed by atoms with Gasteiger partial charge < -0.3 is 10.4 Å². The van der Waals surface area contributed by atoms with Gasteiger partial charge in [-0.05, 0) is 23.4 Å². The molecule has 0 saturated carbocycles. The minimum atomic E-state index is -1.36. The third-order valence-corrected chi connectivity index (χ3v) is 2.01. The van der Waals surface area contributed by atoms with Crippen LogP contribution in [-0.4, -0.2) is 37.6 Å². The number of tetrazole rings is 1. The van der Waals surface area contributed by atoms with Crippen LogP contribution in [0.5, 0.6) is 0 Å². The maximum atomic E-state index is 12.9. The molecule has 1 heterocycles. The predicted octanol–water partition coefficient (Wildman–Crippen LogP) is 0.289. The molecule has 1 aromatic carbocycles. The molecule has 18 heavy (non-hydrogen) atoms. The Balaban J connectivity index is 2.29. The van der Waals surface area contributed by atoms with Crippen LogP contribution in [0.3, 0.4) is 0 Å². The Morgan fingerprint density at radius 3 is 2.78 bits per heavy atom. The van der Waals surface area contributed by atoms with E-state index in [9.17, 15) is 14.0 Å². The number of amides is 1. The number of aromatic amines is 1. The minimum absolute atomic E-state index is 0.0568. The lowest BCUT2D eigenvalue weighted by molar-refractivity contribution is 0.0697. The molecule has 0 saturated heterocycles. The number of nitrogens with one attached hydrogen (secondary N) is 2. The Kier molecular flexibility index (Phi) is 2.96. The molecule has 2 rings (SSSR count). The number of anilines is 1. The van der Waals surface area contributed by atoms with Crippen LogP contribution < -0.4 is 5.32 Å². The molecule has 0 bridgehead atoms. The van der Waals surface area contributed by atoms with Crippen molar-refractivity contribution in [1.29, 1.82) is 0 Å². The maximum absolute atomic E-state index is 12.9. The lowest BCUT2D eigenvalue weighted by atomic mass is 10.1. The molecule has 0 unspecified atom stereocenters. The topological polar surface area (TPSA) is 121 Å². The van der Waals surface area contributed by atoms with Gasteiger partial charge in [-0.2, -0.15) is 5.21 Å². The molecule has 0 spiro atoms. The number of carboxylic acids is 1. The molecule has 0 fully saturated rings. The summed E-state index contributed by atoms with van der Waals surface area (Å²) in [5, 5.41) is 23.2. The first kappa shape index (κ1) is 11.6. The molecule has 0 aliphatic rings. The van der Waals surface area contributed by atoms with Gasteiger partial charge in [0.1, 0.15) is 5.82 Å². The molecule has 3 N–H and O–H groups in total. The summed E-state index contributed by atoms with van der Waals surface area (Å²) >= 11 is 0. The number of carbonyl (C=O) groups excluding carboxylic acids is 1. The Morgan fingerprint density at radius 1 is 1.39 bits per heavy atom. The average Bonchev–Trinajstić information content (AvgIpc) is 2.84. The van der Waals surface area contributed by atoms with Crippen LogP contribution in [0, 0.1) is 5.82 Å². The summed E-state index contributed by atoms with van der Waals surface area (Å²) in [5.41, 5.74) is -0.425. The quantitative estimate of drug-likeness (QED) is 0.720. The summed E-state index contributed by atoms with van der Waals surface area (Å²) in [5.74, 6) is -3.09. The second-order valence-corrected chi connectivity index (χ2v) is 3.18. The Labute approximate surface area is 98.8 Å². The van der Waals surface area contributed by atoms with Gasteiger partial charge in [0.2, 0.25) is 0 Å². The van der Waals surface area contributed by atoms with E-state index in [2.05, 4.69) is 25.9 Å². The second-order valence-electron chi connectivity index (χ2n) is 3.18. The molecular formula is C9H6FN5O3. The van der Waals surface area contributed by atoms with Crippen LogP contribution in [0.4, 0.5) is 10.1 Å². The maximum Gasteiger partial charge on any atom is 0.337 e. The van der Waals surface area contributed by atoms with Crippen molar-refractivity contribution in [3.05, 3.63) is 35.4 Å². The third-order valence-electron chi connectivity index (χ3n) is 2.01. The number of carboxylic acid groups (broad SMARTS) is 1. The highest BCUT2D eigenvalue weighted by molar-refractivity contribution is 6.05. The van der Waals surface area contributed by atoms with E-state index in [1.807, 2.05) is 0 Å². The summed E-state index contributed by atoms with van der Waals surface area (Å²) in [4.78, 5) is 22.4. The van der Waals surface area contributed by atoms with E-state index in [-0.39, 0.29) is 17.1 Å². The van der Waals surface area contributed by atoms with E-state index >= 15 is 0 Å². The van der Waals surface area contributed by atoms with Gasteiger partial charge in [0.15, 0.2) is 0 Å². The Hall–Kier alpha value is -2.84. The van der Waals surface area contributed by atoms with Crippen LogP contribution in [-0.2, 0) is 0 Å². The zero-order valence-corrected chi connectivity index (χ0v) is 8.72. The third kappa shape index (κ3) is 2.29. The van der Waals surface area contributed by atoms with E-state index in [4.69, 9.17) is 5.11 Å². The van der Waals surface area contributed by atoms with Gasteiger partial charge in [0.25, 0.3) is 11.7 Å².